The van der Waals surface area contributed by atoms with E-state index in [2.05, 4.69) is 26.8 Å². The quantitative estimate of drug-likeness (QED) is 0.483. The van der Waals surface area contributed by atoms with Gasteiger partial charge in [-0.2, -0.15) is 0 Å². The molecule has 0 aliphatic carbocycles. The summed E-state index contributed by atoms with van der Waals surface area (Å²) in [5, 5.41) is 11.6. The number of benzene rings is 2. The summed E-state index contributed by atoms with van der Waals surface area (Å²) in [5.74, 6) is 2.19. The van der Waals surface area contributed by atoms with Crippen LogP contribution >= 0.6 is 0 Å². The van der Waals surface area contributed by atoms with Crippen molar-refractivity contribution in [3.05, 3.63) is 58.1 Å². The standard InChI is InChI=1S/C29H36N2O3/c1-17(2)16-31(25-14-18(3)22-10-8-9-11-24(22)30-25)26(32)15-29(7)13-12-23-21(6)27(33)19(4)20(5)28(23)34-29/h8-11,14,17,33H,12-13,15-16H2,1-7H3. The number of carbonyl (C=O) groups is 1. The predicted molar refractivity (Wildman–Crippen MR) is 138 cm³/mol. The lowest BCUT2D eigenvalue weighted by molar-refractivity contribution is -0.122. The highest BCUT2D eigenvalue weighted by Crippen LogP contribution is 2.44. The summed E-state index contributed by atoms with van der Waals surface area (Å²) in [6, 6.07) is 10.1. The molecule has 0 spiro atoms. The molecule has 5 nitrogen and oxygen atoms in total. The summed E-state index contributed by atoms with van der Waals surface area (Å²) in [5.41, 5.74) is 5.10. The van der Waals surface area contributed by atoms with E-state index in [-0.39, 0.29) is 12.3 Å². The van der Waals surface area contributed by atoms with Crippen LogP contribution in [0.5, 0.6) is 11.5 Å². The highest BCUT2D eigenvalue weighted by Gasteiger charge is 2.38. The normalized spacial score (nSPS) is 17.5. The summed E-state index contributed by atoms with van der Waals surface area (Å²) in [7, 11) is 0. The second kappa shape index (κ2) is 8.94. The fraction of sp³-hybridized carbons (Fsp3) is 0.448. The predicted octanol–water partition coefficient (Wildman–Crippen LogP) is 6.34. The van der Waals surface area contributed by atoms with Crippen LogP contribution in [0.2, 0.25) is 0 Å². The van der Waals surface area contributed by atoms with Crippen molar-refractivity contribution >= 4 is 22.6 Å². The lowest BCUT2D eigenvalue weighted by Gasteiger charge is -2.38. The summed E-state index contributed by atoms with van der Waals surface area (Å²) < 4.78 is 6.54. The van der Waals surface area contributed by atoms with E-state index in [1.54, 1.807) is 0 Å². The van der Waals surface area contributed by atoms with Crippen LogP contribution in [0.25, 0.3) is 10.9 Å². The molecule has 0 saturated carbocycles. The maximum Gasteiger partial charge on any atom is 0.232 e. The minimum Gasteiger partial charge on any atom is -0.507 e. The first-order chi connectivity index (χ1) is 16.0. The molecule has 1 atom stereocenters. The summed E-state index contributed by atoms with van der Waals surface area (Å²) in [6.07, 6.45) is 1.76. The number of para-hydroxylation sites is 1. The fourth-order valence-electron chi connectivity index (χ4n) is 4.99. The zero-order valence-corrected chi connectivity index (χ0v) is 21.5. The van der Waals surface area contributed by atoms with E-state index in [1.807, 2.05) is 56.9 Å². The van der Waals surface area contributed by atoms with E-state index in [4.69, 9.17) is 9.72 Å². The van der Waals surface area contributed by atoms with Crippen LogP contribution in [0.1, 0.15) is 61.4 Å². The first-order valence-corrected chi connectivity index (χ1v) is 12.2. The van der Waals surface area contributed by atoms with E-state index < -0.39 is 5.60 Å². The van der Waals surface area contributed by atoms with Crippen LogP contribution in [0.3, 0.4) is 0 Å². The van der Waals surface area contributed by atoms with Crippen LogP contribution in [0.4, 0.5) is 5.82 Å². The number of anilines is 1. The van der Waals surface area contributed by atoms with Crippen molar-refractivity contribution in [3.8, 4) is 11.5 Å². The van der Waals surface area contributed by atoms with Crippen molar-refractivity contribution in [3.63, 3.8) is 0 Å². The van der Waals surface area contributed by atoms with Crippen LogP contribution < -0.4 is 9.64 Å². The van der Waals surface area contributed by atoms with E-state index >= 15 is 0 Å². The van der Waals surface area contributed by atoms with Gasteiger partial charge in [-0.1, -0.05) is 32.0 Å². The van der Waals surface area contributed by atoms with Crippen molar-refractivity contribution in [1.29, 1.82) is 0 Å². The van der Waals surface area contributed by atoms with Gasteiger partial charge in [0.1, 0.15) is 22.9 Å². The maximum atomic E-state index is 13.8. The average molecular weight is 461 g/mol. The molecule has 4 rings (SSSR count). The number of carbonyl (C=O) groups excluding carboxylic acids is 1. The molecule has 0 radical (unpaired) electrons. The van der Waals surface area contributed by atoms with Crippen LogP contribution in [0, 0.1) is 33.6 Å². The third kappa shape index (κ3) is 4.36. The summed E-state index contributed by atoms with van der Waals surface area (Å²) in [4.78, 5) is 20.4. The molecule has 3 aromatic rings. The Hall–Kier alpha value is -3.08. The van der Waals surface area contributed by atoms with Gasteiger partial charge in [0.05, 0.1) is 11.9 Å². The molecule has 180 valence electrons. The third-order valence-electron chi connectivity index (χ3n) is 7.15. The molecule has 0 saturated heterocycles. The molecular weight excluding hydrogens is 424 g/mol. The largest absolute Gasteiger partial charge is 0.507 e. The van der Waals surface area contributed by atoms with E-state index in [0.29, 0.717) is 30.5 Å². The Morgan fingerprint density at radius 1 is 1.15 bits per heavy atom. The van der Waals surface area contributed by atoms with E-state index in [9.17, 15) is 9.90 Å². The highest BCUT2D eigenvalue weighted by atomic mass is 16.5. The zero-order valence-electron chi connectivity index (χ0n) is 21.5. The lowest BCUT2D eigenvalue weighted by Crippen LogP contribution is -2.44. The number of aromatic nitrogens is 1. The average Bonchev–Trinajstić information content (AvgIpc) is 2.79. The van der Waals surface area contributed by atoms with Gasteiger partial charge in [0, 0.05) is 17.5 Å². The Balaban J connectivity index is 1.66. The number of fused-ring (bicyclic) bond motifs is 2. The first kappa shape index (κ1) is 24.1. The van der Waals surface area contributed by atoms with Gasteiger partial charge in [-0.05, 0) is 87.8 Å². The SMILES string of the molecule is Cc1c(C)c2c(c(C)c1O)CCC(C)(CC(=O)N(CC(C)C)c1cc(C)c3ccccc3n1)O2. The third-order valence-corrected chi connectivity index (χ3v) is 7.15. The number of aromatic hydroxyl groups is 1. The van der Waals surface area contributed by atoms with Gasteiger partial charge in [0.25, 0.3) is 0 Å². The Bertz CT molecular complexity index is 1260. The number of aryl methyl sites for hydroxylation is 1. The van der Waals surface area contributed by atoms with Crippen molar-refractivity contribution in [2.24, 2.45) is 5.92 Å². The second-order valence-corrected chi connectivity index (χ2v) is 10.5. The van der Waals surface area contributed by atoms with Gasteiger partial charge >= 0.3 is 0 Å². The maximum absolute atomic E-state index is 13.8. The van der Waals surface area contributed by atoms with Gasteiger partial charge in [-0.3, -0.25) is 9.69 Å². The Morgan fingerprint density at radius 3 is 2.56 bits per heavy atom. The zero-order chi connectivity index (χ0) is 24.8. The Morgan fingerprint density at radius 2 is 1.85 bits per heavy atom. The minimum atomic E-state index is -0.619. The van der Waals surface area contributed by atoms with Crippen LogP contribution in [-0.2, 0) is 11.2 Å². The topological polar surface area (TPSA) is 62.7 Å². The van der Waals surface area contributed by atoms with E-state index in [1.165, 1.54) is 0 Å². The number of ether oxygens (including phenoxy) is 1. The van der Waals surface area contributed by atoms with Crippen LogP contribution in [-0.4, -0.2) is 28.1 Å². The molecule has 0 bridgehead atoms. The number of rotatable bonds is 5. The molecule has 5 heteroatoms. The molecular formula is C29H36N2O3. The number of amides is 1. The van der Waals surface area contributed by atoms with Gasteiger partial charge in [-0.25, -0.2) is 4.98 Å². The highest BCUT2D eigenvalue weighted by molar-refractivity contribution is 5.95. The molecule has 2 aromatic carbocycles. The van der Waals surface area contributed by atoms with Crippen molar-refractivity contribution in [1.82, 2.24) is 4.98 Å². The molecule has 1 amide bonds. The summed E-state index contributed by atoms with van der Waals surface area (Å²) in [6.45, 7) is 14.8. The molecule has 1 N–H and O–H groups in total. The first-order valence-electron chi connectivity index (χ1n) is 12.2. The monoisotopic (exact) mass is 460 g/mol. The number of nitrogens with zero attached hydrogens (tertiary/aromatic N) is 2. The fourth-order valence-corrected chi connectivity index (χ4v) is 4.99. The second-order valence-electron chi connectivity index (χ2n) is 10.5. The number of hydrogen-bond acceptors (Lipinski definition) is 4. The Labute approximate surface area is 202 Å². The number of phenolic OH excluding ortho intramolecular Hbond substituents is 1. The molecule has 0 fully saturated rings. The summed E-state index contributed by atoms with van der Waals surface area (Å²) >= 11 is 0. The molecule has 34 heavy (non-hydrogen) atoms. The Kier molecular flexibility index (Phi) is 6.32. The number of pyridine rings is 1. The molecule has 2 heterocycles. The number of phenols is 1. The van der Waals surface area contributed by atoms with Crippen LogP contribution in [0.15, 0.2) is 30.3 Å². The number of hydrogen-bond donors (Lipinski definition) is 1. The lowest BCUT2D eigenvalue weighted by atomic mass is 9.85. The van der Waals surface area contributed by atoms with E-state index in [0.717, 1.165) is 50.9 Å². The molecule has 1 unspecified atom stereocenters. The molecule has 1 aromatic heterocycles. The molecule has 1 aliphatic rings. The van der Waals surface area contributed by atoms with Crippen molar-refractivity contribution < 1.29 is 14.6 Å². The van der Waals surface area contributed by atoms with Gasteiger partial charge in [0.15, 0.2) is 0 Å². The smallest absolute Gasteiger partial charge is 0.232 e. The van der Waals surface area contributed by atoms with Crippen molar-refractivity contribution in [2.45, 2.75) is 73.3 Å². The van der Waals surface area contributed by atoms with Gasteiger partial charge in [0.2, 0.25) is 5.91 Å². The minimum absolute atomic E-state index is 0.0201. The van der Waals surface area contributed by atoms with Crippen molar-refractivity contribution in [2.75, 3.05) is 11.4 Å². The van der Waals surface area contributed by atoms with Gasteiger partial charge in [-0.15, -0.1) is 0 Å². The van der Waals surface area contributed by atoms with Gasteiger partial charge < -0.3 is 9.84 Å². The molecule has 1 aliphatic heterocycles.